The number of benzene rings is 2. The molecule has 4 aliphatic rings. The van der Waals surface area contributed by atoms with Crippen LogP contribution in [0.15, 0.2) is 35.3 Å². The first-order valence-electron chi connectivity index (χ1n) is 14.5. The summed E-state index contributed by atoms with van der Waals surface area (Å²) in [6.07, 6.45) is 14.6. The molecule has 0 amide bonds. The van der Waals surface area contributed by atoms with Crippen molar-refractivity contribution < 1.29 is 9.53 Å². The highest BCUT2D eigenvalue weighted by Crippen LogP contribution is 2.51. The molecule has 4 heterocycles. The van der Waals surface area contributed by atoms with Gasteiger partial charge in [-0.2, -0.15) is 0 Å². The summed E-state index contributed by atoms with van der Waals surface area (Å²) in [5.74, 6) is 3.01. The van der Waals surface area contributed by atoms with Crippen molar-refractivity contribution in [3.8, 4) is 12.3 Å². The van der Waals surface area contributed by atoms with Crippen molar-refractivity contribution in [1.29, 1.82) is 0 Å². The molecule has 6 nitrogen and oxygen atoms in total. The average Bonchev–Trinajstić information content (AvgIpc) is 3.65. The monoisotopic (exact) mass is 520 g/mol. The fraction of sp³-hybridized carbons (Fsp3) is 0.455. The van der Waals surface area contributed by atoms with Crippen LogP contribution in [-0.4, -0.2) is 74.4 Å². The normalized spacial score (nSPS) is 21.5. The second kappa shape index (κ2) is 9.66. The lowest BCUT2D eigenvalue weighted by atomic mass is 9.64. The largest absolute Gasteiger partial charge is 0.381 e. The number of terminal acetylenes is 1. The van der Waals surface area contributed by atoms with E-state index in [4.69, 9.17) is 11.2 Å². The van der Waals surface area contributed by atoms with Gasteiger partial charge in [0.1, 0.15) is 0 Å². The van der Waals surface area contributed by atoms with E-state index in [1.54, 1.807) is 7.05 Å². The van der Waals surface area contributed by atoms with Gasteiger partial charge in [-0.15, -0.1) is 6.42 Å². The third-order valence-electron chi connectivity index (χ3n) is 9.67. The van der Waals surface area contributed by atoms with Gasteiger partial charge in [0.2, 0.25) is 0 Å². The number of aromatic amines is 1. The highest BCUT2D eigenvalue weighted by molar-refractivity contribution is 6.20. The molecule has 7 rings (SSSR count). The van der Waals surface area contributed by atoms with Crippen LogP contribution in [0.1, 0.15) is 76.8 Å². The third-order valence-corrected chi connectivity index (χ3v) is 9.67. The number of nitrogens with one attached hydrogen (secondary N) is 1. The molecule has 200 valence electrons. The predicted octanol–water partition coefficient (Wildman–Crippen LogP) is 4.90. The van der Waals surface area contributed by atoms with Crippen molar-refractivity contribution in [1.82, 2.24) is 9.88 Å². The summed E-state index contributed by atoms with van der Waals surface area (Å²) in [6.45, 7) is 5.82. The summed E-state index contributed by atoms with van der Waals surface area (Å²) in [5, 5.41) is 0.968. The van der Waals surface area contributed by atoms with Crippen LogP contribution in [0.2, 0.25) is 0 Å². The van der Waals surface area contributed by atoms with Crippen molar-refractivity contribution in [2.24, 2.45) is 4.99 Å². The Morgan fingerprint density at radius 3 is 2.59 bits per heavy atom. The molecule has 3 aliphatic heterocycles. The fourth-order valence-corrected chi connectivity index (χ4v) is 7.68. The number of piperidine rings is 1. The zero-order chi connectivity index (χ0) is 26.6. The molecule has 0 radical (unpaired) electrons. The Bertz CT molecular complexity index is 1510. The van der Waals surface area contributed by atoms with Gasteiger partial charge >= 0.3 is 0 Å². The van der Waals surface area contributed by atoms with Crippen molar-refractivity contribution >= 4 is 28.6 Å². The molecular formula is C33H36N4O2. The van der Waals surface area contributed by atoms with Crippen LogP contribution >= 0.6 is 0 Å². The van der Waals surface area contributed by atoms with Crippen LogP contribution in [0.4, 0.5) is 5.69 Å². The Morgan fingerprint density at radius 2 is 1.87 bits per heavy atom. The minimum atomic E-state index is -0.301. The van der Waals surface area contributed by atoms with Crippen LogP contribution in [0.5, 0.6) is 0 Å². The maximum atomic E-state index is 14.2. The first kappa shape index (κ1) is 24.6. The molecule has 3 aromatic rings. The molecule has 3 saturated heterocycles. The minimum Gasteiger partial charge on any atom is -0.381 e. The zero-order valence-corrected chi connectivity index (χ0v) is 22.8. The molecule has 1 aromatic heterocycles. The van der Waals surface area contributed by atoms with Crippen LogP contribution in [0.3, 0.4) is 0 Å². The van der Waals surface area contributed by atoms with E-state index in [0.29, 0.717) is 19.3 Å². The third kappa shape index (κ3) is 3.86. The number of ketones is 1. The van der Waals surface area contributed by atoms with Crippen LogP contribution < -0.4 is 4.90 Å². The van der Waals surface area contributed by atoms with Crippen LogP contribution in [-0.2, 0) is 10.2 Å². The zero-order valence-electron chi connectivity index (χ0n) is 22.8. The number of hydrogen-bond acceptors (Lipinski definition) is 5. The molecule has 0 unspecified atom stereocenters. The number of nitrogens with zero attached hydrogens (tertiary/aromatic N) is 3. The van der Waals surface area contributed by atoms with E-state index in [-0.39, 0.29) is 11.2 Å². The Hall–Kier alpha value is -3.40. The number of carbonyl (C=O) groups excluding carboxylic acids is 1. The maximum Gasteiger partial charge on any atom is 0.195 e. The number of fused-ring (bicyclic) bond motifs is 6. The van der Waals surface area contributed by atoms with E-state index in [9.17, 15) is 4.79 Å². The standard InChI is InChI=1S/C33H36N4O2/c1-3-23-19-26-27(20-29(23)37-14-8-24(9-15-37)36-12-4-5-13-36)33(10-16-39-17-11-33)32-30(31(26)38)25-7-6-22(21-34-2)18-28(25)35-32/h1,6-7,18-21,24,35H,4-5,8-17H2,2H3/b34-21-. The molecule has 1 N–H and O–H groups in total. The topological polar surface area (TPSA) is 60.9 Å². The van der Waals surface area contributed by atoms with Gasteiger partial charge in [0.05, 0.1) is 11.3 Å². The number of likely N-dealkylation sites (tertiary alicyclic amines) is 1. The summed E-state index contributed by atoms with van der Waals surface area (Å²) >= 11 is 0. The highest BCUT2D eigenvalue weighted by Gasteiger charge is 2.47. The van der Waals surface area contributed by atoms with Crippen LogP contribution in [0.25, 0.3) is 10.9 Å². The fourth-order valence-electron chi connectivity index (χ4n) is 7.68. The van der Waals surface area contributed by atoms with Crippen molar-refractivity contribution in [2.45, 2.75) is 50.0 Å². The molecule has 39 heavy (non-hydrogen) atoms. The van der Waals surface area contributed by atoms with E-state index >= 15 is 0 Å². The molecule has 0 atom stereocenters. The van der Waals surface area contributed by atoms with Gasteiger partial charge in [-0.3, -0.25) is 9.79 Å². The molecular weight excluding hydrogens is 484 g/mol. The predicted molar refractivity (Wildman–Crippen MR) is 157 cm³/mol. The van der Waals surface area contributed by atoms with Crippen LogP contribution in [0, 0.1) is 12.3 Å². The number of H-pyrrole nitrogens is 1. The maximum absolute atomic E-state index is 14.2. The van der Waals surface area contributed by atoms with E-state index in [0.717, 1.165) is 88.9 Å². The lowest BCUT2D eigenvalue weighted by Gasteiger charge is -2.43. The quantitative estimate of drug-likeness (QED) is 0.394. The lowest BCUT2D eigenvalue weighted by Crippen LogP contribution is -2.44. The molecule has 1 spiro atoms. The molecule has 3 fully saturated rings. The summed E-state index contributed by atoms with van der Waals surface area (Å²) in [5.41, 5.74) is 7.33. The Morgan fingerprint density at radius 1 is 1.10 bits per heavy atom. The SMILES string of the molecule is C#Cc1cc2c(cc1N1CCC(N3CCCC3)CC1)C1(CCOCC1)c1[nH]c3cc(/C=N\C)ccc3c1C2=O. The Labute approximate surface area is 230 Å². The Kier molecular flexibility index (Phi) is 6.10. The number of carbonyl (C=O) groups is 1. The summed E-state index contributed by atoms with van der Waals surface area (Å²) in [6, 6.07) is 11.1. The number of hydrogen-bond donors (Lipinski definition) is 1. The van der Waals surface area contributed by atoms with Crippen molar-refractivity contribution in [2.75, 3.05) is 51.3 Å². The Balaban J connectivity index is 1.33. The number of aliphatic imine (C=N–C) groups is 1. The summed E-state index contributed by atoms with van der Waals surface area (Å²) in [7, 11) is 1.77. The average molecular weight is 521 g/mol. The smallest absolute Gasteiger partial charge is 0.195 e. The molecule has 6 heteroatoms. The van der Waals surface area contributed by atoms with Crippen molar-refractivity contribution in [3.05, 3.63) is 63.8 Å². The van der Waals surface area contributed by atoms with E-state index < -0.39 is 0 Å². The molecule has 2 aromatic carbocycles. The van der Waals surface area contributed by atoms with E-state index in [2.05, 4.69) is 43.9 Å². The number of ether oxygens (including phenoxy) is 1. The van der Waals surface area contributed by atoms with Gasteiger partial charge in [0, 0.05) is 78.7 Å². The van der Waals surface area contributed by atoms with Gasteiger partial charge in [-0.25, -0.2) is 0 Å². The second-order valence-corrected chi connectivity index (χ2v) is 11.6. The minimum absolute atomic E-state index is 0.0658. The van der Waals surface area contributed by atoms with Crippen molar-refractivity contribution in [3.63, 3.8) is 0 Å². The van der Waals surface area contributed by atoms with Gasteiger partial charge in [0.15, 0.2) is 5.78 Å². The lowest BCUT2D eigenvalue weighted by molar-refractivity contribution is 0.0602. The summed E-state index contributed by atoms with van der Waals surface area (Å²) in [4.78, 5) is 27.2. The molecule has 0 saturated carbocycles. The van der Waals surface area contributed by atoms with Gasteiger partial charge in [-0.1, -0.05) is 18.1 Å². The molecule has 1 aliphatic carbocycles. The number of anilines is 1. The summed E-state index contributed by atoms with van der Waals surface area (Å²) < 4.78 is 5.87. The van der Waals surface area contributed by atoms with E-state index in [1.165, 1.54) is 25.9 Å². The van der Waals surface area contributed by atoms with Gasteiger partial charge in [-0.05, 0) is 80.9 Å². The first-order chi connectivity index (χ1) is 19.1. The highest BCUT2D eigenvalue weighted by atomic mass is 16.5. The van der Waals surface area contributed by atoms with Gasteiger partial charge in [0.25, 0.3) is 0 Å². The second-order valence-electron chi connectivity index (χ2n) is 11.6. The van der Waals surface area contributed by atoms with Gasteiger partial charge < -0.3 is 19.5 Å². The number of rotatable bonds is 3. The first-order valence-corrected chi connectivity index (χ1v) is 14.5. The molecule has 0 bridgehead atoms. The number of aromatic nitrogens is 1. The van der Waals surface area contributed by atoms with E-state index in [1.807, 2.05) is 18.3 Å².